The minimum absolute atomic E-state index is 0.397. The van der Waals surface area contributed by atoms with Crippen molar-refractivity contribution in [3.05, 3.63) is 72.8 Å². The first-order chi connectivity index (χ1) is 14.9. The van der Waals surface area contributed by atoms with Crippen molar-refractivity contribution in [1.29, 1.82) is 0 Å². The summed E-state index contributed by atoms with van der Waals surface area (Å²) in [4.78, 5) is 4.60. The highest BCUT2D eigenvalue weighted by Gasteiger charge is 2.22. The highest BCUT2D eigenvalue weighted by Crippen LogP contribution is 2.30. The molecule has 1 aliphatic heterocycles. The van der Waals surface area contributed by atoms with Crippen LogP contribution in [0.15, 0.2) is 67.1 Å². The van der Waals surface area contributed by atoms with Crippen LogP contribution in [0, 0.1) is 0 Å². The van der Waals surface area contributed by atoms with Gasteiger partial charge in [-0.3, -0.25) is 9.08 Å². The third-order valence-electron chi connectivity index (χ3n) is 5.72. The predicted molar refractivity (Wildman–Crippen MR) is 122 cm³/mol. The van der Waals surface area contributed by atoms with E-state index in [9.17, 15) is 8.42 Å². The predicted octanol–water partition coefficient (Wildman–Crippen LogP) is 3.45. The number of aryl methyl sites for hydroxylation is 1. The van der Waals surface area contributed by atoms with Crippen molar-refractivity contribution in [2.45, 2.75) is 6.42 Å². The van der Waals surface area contributed by atoms with Gasteiger partial charge in [0, 0.05) is 37.5 Å². The summed E-state index contributed by atoms with van der Waals surface area (Å²) in [5, 5.41) is 4.25. The van der Waals surface area contributed by atoms with E-state index in [1.165, 1.54) is 10.6 Å². The van der Waals surface area contributed by atoms with Gasteiger partial charge in [0.2, 0.25) is 10.0 Å². The lowest BCUT2D eigenvalue weighted by atomic mass is 10.0. The SMILES string of the molecule is Cn1cc(-c2ccc(-c3cnc4cccc(C5=CCN(S(C)(=O)=O)CC5)n34)cc2)cn1. The maximum absolute atomic E-state index is 11.8. The summed E-state index contributed by atoms with van der Waals surface area (Å²) in [6.07, 6.45) is 9.69. The molecule has 1 aromatic carbocycles. The van der Waals surface area contributed by atoms with Crippen LogP contribution in [0.25, 0.3) is 33.6 Å². The van der Waals surface area contributed by atoms with Gasteiger partial charge in [-0.2, -0.15) is 9.40 Å². The van der Waals surface area contributed by atoms with Crippen LogP contribution in [0.3, 0.4) is 0 Å². The van der Waals surface area contributed by atoms with Gasteiger partial charge < -0.3 is 0 Å². The Morgan fingerprint density at radius 2 is 1.71 bits per heavy atom. The Kier molecular flexibility index (Phi) is 4.75. The summed E-state index contributed by atoms with van der Waals surface area (Å²) in [5.74, 6) is 0. The van der Waals surface area contributed by atoms with Gasteiger partial charge in [-0.25, -0.2) is 13.4 Å². The minimum Gasteiger partial charge on any atom is -0.293 e. The molecule has 8 heteroatoms. The highest BCUT2D eigenvalue weighted by atomic mass is 32.2. The maximum Gasteiger partial charge on any atom is 0.211 e. The van der Waals surface area contributed by atoms with E-state index in [1.54, 1.807) is 4.68 Å². The van der Waals surface area contributed by atoms with Crippen LogP contribution in [-0.4, -0.2) is 51.2 Å². The standard InChI is InChI=1S/C23H23N5O2S/c1-26-16-20(14-25-26)17-6-8-18(9-7-17)22-15-24-23-5-3-4-21(28(22)23)19-10-12-27(13-11-19)31(2,29)30/h3-10,14-16H,11-13H2,1-2H3. The number of hydrogen-bond donors (Lipinski definition) is 0. The van der Waals surface area contributed by atoms with Crippen molar-refractivity contribution >= 4 is 21.2 Å². The zero-order chi connectivity index (χ0) is 21.6. The van der Waals surface area contributed by atoms with Crippen molar-refractivity contribution in [3.63, 3.8) is 0 Å². The number of sulfonamides is 1. The number of nitrogens with zero attached hydrogens (tertiary/aromatic N) is 5. The molecule has 7 nitrogen and oxygen atoms in total. The van der Waals surface area contributed by atoms with Gasteiger partial charge in [-0.05, 0) is 29.7 Å². The Morgan fingerprint density at radius 3 is 2.35 bits per heavy atom. The Morgan fingerprint density at radius 1 is 0.935 bits per heavy atom. The second-order valence-corrected chi connectivity index (χ2v) is 9.81. The normalized spacial score (nSPS) is 15.4. The Labute approximate surface area is 181 Å². The number of benzene rings is 1. The zero-order valence-corrected chi connectivity index (χ0v) is 18.2. The molecule has 0 saturated heterocycles. The molecule has 5 rings (SSSR count). The largest absolute Gasteiger partial charge is 0.293 e. The molecule has 0 saturated carbocycles. The molecule has 0 fully saturated rings. The topological polar surface area (TPSA) is 72.5 Å². The molecule has 0 bridgehead atoms. The third kappa shape index (κ3) is 3.68. The number of pyridine rings is 1. The minimum atomic E-state index is -3.18. The van der Waals surface area contributed by atoms with Gasteiger partial charge in [0.05, 0.1) is 30.0 Å². The average Bonchev–Trinajstić information content (AvgIpc) is 3.40. The summed E-state index contributed by atoms with van der Waals surface area (Å²) in [6.45, 7) is 0.888. The molecule has 0 spiro atoms. The smallest absolute Gasteiger partial charge is 0.211 e. The number of hydrogen-bond acceptors (Lipinski definition) is 4. The van der Waals surface area contributed by atoms with Gasteiger partial charge in [0.15, 0.2) is 0 Å². The van der Waals surface area contributed by atoms with Gasteiger partial charge in [0.1, 0.15) is 5.65 Å². The van der Waals surface area contributed by atoms with E-state index in [1.807, 2.05) is 43.8 Å². The summed E-state index contributed by atoms with van der Waals surface area (Å²) in [7, 11) is -1.27. The summed E-state index contributed by atoms with van der Waals surface area (Å²) in [5.41, 5.74) is 7.33. The molecule has 0 N–H and O–H groups in total. The lowest BCUT2D eigenvalue weighted by Crippen LogP contribution is -2.33. The van der Waals surface area contributed by atoms with E-state index in [-0.39, 0.29) is 0 Å². The lowest BCUT2D eigenvalue weighted by Gasteiger charge is -2.25. The van der Waals surface area contributed by atoms with Gasteiger partial charge in [0.25, 0.3) is 0 Å². The molecule has 158 valence electrons. The quantitative estimate of drug-likeness (QED) is 0.494. The monoisotopic (exact) mass is 433 g/mol. The van der Waals surface area contributed by atoms with Crippen LogP contribution in [0.1, 0.15) is 12.1 Å². The number of fused-ring (bicyclic) bond motifs is 1. The Bertz CT molecular complexity index is 1400. The van der Waals surface area contributed by atoms with Crippen molar-refractivity contribution in [3.8, 4) is 22.4 Å². The van der Waals surface area contributed by atoms with E-state index in [0.29, 0.717) is 19.5 Å². The molecule has 0 atom stereocenters. The molecule has 4 heterocycles. The fraction of sp³-hybridized carbons (Fsp3) is 0.217. The molecule has 4 aromatic rings. The van der Waals surface area contributed by atoms with Gasteiger partial charge >= 0.3 is 0 Å². The van der Waals surface area contributed by atoms with Crippen LogP contribution in [0.4, 0.5) is 0 Å². The van der Waals surface area contributed by atoms with E-state index in [4.69, 9.17) is 0 Å². The van der Waals surface area contributed by atoms with Gasteiger partial charge in [-0.15, -0.1) is 0 Å². The van der Waals surface area contributed by atoms with Crippen LogP contribution in [-0.2, 0) is 17.1 Å². The van der Waals surface area contributed by atoms with E-state index in [0.717, 1.165) is 39.3 Å². The summed E-state index contributed by atoms with van der Waals surface area (Å²) in [6, 6.07) is 14.5. The second kappa shape index (κ2) is 7.47. The molecular weight excluding hydrogens is 410 g/mol. The fourth-order valence-electron chi connectivity index (χ4n) is 4.08. The maximum atomic E-state index is 11.8. The molecule has 1 aliphatic rings. The first-order valence-corrected chi connectivity index (χ1v) is 12.0. The lowest BCUT2D eigenvalue weighted by molar-refractivity contribution is 0.445. The molecule has 3 aromatic heterocycles. The molecule has 31 heavy (non-hydrogen) atoms. The van der Waals surface area contributed by atoms with Crippen molar-refractivity contribution < 1.29 is 8.42 Å². The molecule has 0 amide bonds. The van der Waals surface area contributed by atoms with Crippen LogP contribution < -0.4 is 0 Å². The summed E-state index contributed by atoms with van der Waals surface area (Å²) < 4.78 is 29.1. The highest BCUT2D eigenvalue weighted by molar-refractivity contribution is 7.88. The molecule has 0 radical (unpaired) electrons. The molecule has 0 aliphatic carbocycles. The number of aromatic nitrogens is 4. The number of rotatable bonds is 4. The van der Waals surface area contributed by atoms with Crippen LogP contribution in [0.5, 0.6) is 0 Å². The fourth-order valence-corrected chi connectivity index (χ4v) is 4.85. The van der Waals surface area contributed by atoms with Crippen LogP contribution in [0.2, 0.25) is 0 Å². The average molecular weight is 434 g/mol. The van der Waals surface area contributed by atoms with Crippen molar-refractivity contribution in [2.75, 3.05) is 19.3 Å². The van der Waals surface area contributed by atoms with E-state index < -0.39 is 10.0 Å². The van der Waals surface area contributed by atoms with Crippen LogP contribution >= 0.6 is 0 Å². The molecule has 0 unspecified atom stereocenters. The Balaban J connectivity index is 1.54. The van der Waals surface area contributed by atoms with Gasteiger partial charge in [-0.1, -0.05) is 36.4 Å². The number of imidazole rings is 1. The van der Waals surface area contributed by atoms with Crippen molar-refractivity contribution in [2.24, 2.45) is 7.05 Å². The zero-order valence-electron chi connectivity index (χ0n) is 17.4. The summed E-state index contributed by atoms with van der Waals surface area (Å²) >= 11 is 0. The van der Waals surface area contributed by atoms with E-state index >= 15 is 0 Å². The Hall–Kier alpha value is -3.23. The van der Waals surface area contributed by atoms with Crippen molar-refractivity contribution in [1.82, 2.24) is 23.5 Å². The first kappa shape index (κ1) is 19.7. The second-order valence-electron chi connectivity index (χ2n) is 7.83. The first-order valence-electron chi connectivity index (χ1n) is 10.1. The van der Waals surface area contributed by atoms with E-state index in [2.05, 4.69) is 44.8 Å². The third-order valence-corrected chi connectivity index (χ3v) is 6.99. The molecular formula is C23H23N5O2S.